The van der Waals surface area contributed by atoms with Crippen molar-refractivity contribution < 1.29 is 0 Å². The van der Waals surface area contributed by atoms with Crippen LogP contribution < -0.4 is 11.1 Å². The summed E-state index contributed by atoms with van der Waals surface area (Å²) in [5.41, 5.74) is 6.85. The standard InChI is InChI=1S/C12H18N6/c1-3-4-11-16-10(13)7-12(17-11)14-8-9-5-6-15-18(9)2/h5-7H,3-4,8H2,1-2H3,(H3,13,14,16,17). The molecule has 0 unspecified atom stereocenters. The molecule has 96 valence electrons. The average Bonchev–Trinajstić information content (AvgIpc) is 2.72. The fourth-order valence-electron chi connectivity index (χ4n) is 1.70. The van der Waals surface area contributed by atoms with Crippen LogP contribution in [-0.4, -0.2) is 19.7 Å². The number of aryl methyl sites for hydroxylation is 2. The molecule has 0 aliphatic heterocycles. The van der Waals surface area contributed by atoms with E-state index in [2.05, 4.69) is 27.3 Å². The van der Waals surface area contributed by atoms with Crippen LogP contribution in [0.3, 0.4) is 0 Å². The molecule has 0 bridgehead atoms. The number of nitrogens with two attached hydrogens (primary N) is 1. The minimum absolute atomic E-state index is 0.501. The molecular formula is C12H18N6. The van der Waals surface area contributed by atoms with Gasteiger partial charge in [0, 0.05) is 25.7 Å². The molecule has 3 N–H and O–H groups in total. The fourth-order valence-corrected chi connectivity index (χ4v) is 1.70. The Morgan fingerprint density at radius 3 is 2.89 bits per heavy atom. The summed E-state index contributed by atoms with van der Waals surface area (Å²) in [6.07, 6.45) is 3.61. The second-order valence-corrected chi connectivity index (χ2v) is 4.14. The van der Waals surface area contributed by atoms with Gasteiger partial charge in [0.1, 0.15) is 17.5 Å². The van der Waals surface area contributed by atoms with Gasteiger partial charge in [-0.25, -0.2) is 9.97 Å². The third kappa shape index (κ3) is 2.97. The number of hydrogen-bond donors (Lipinski definition) is 2. The normalized spacial score (nSPS) is 10.6. The maximum absolute atomic E-state index is 5.76. The summed E-state index contributed by atoms with van der Waals surface area (Å²) < 4.78 is 1.82. The fraction of sp³-hybridized carbons (Fsp3) is 0.417. The smallest absolute Gasteiger partial charge is 0.133 e. The van der Waals surface area contributed by atoms with Crippen LogP contribution in [0, 0.1) is 0 Å². The van der Waals surface area contributed by atoms with E-state index in [-0.39, 0.29) is 0 Å². The van der Waals surface area contributed by atoms with Crippen LogP contribution in [0.1, 0.15) is 24.9 Å². The van der Waals surface area contributed by atoms with Gasteiger partial charge in [0.05, 0.1) is 12.2 Å². The Morgan fingerprint density at radius 1 is 1.39 bits per heavy atom. The molecule has 0 amide bonds. The lowest BCUT2D eigenvalue weighted by Crippen LogP contribution is -2.09. The number of nitrogens with one attached hydrogen (secondary N) is 1. The van der Waals surface area contributed by atoms with Crippen molar-refractivity contribution in [3.8, 4) is 0 Å². The van der Waals surface area contributed by atoms with Gasteiger partial charge in [-0.15, -0.1) is 0 Å². The topological polar surface area (TPSA) is 81.6 Å². The molecule has 2 heterocycles. The van der Waals surface area contributed by atoms with E-state index in [0.717, 1.165) is 30.2 Å². The zero-order valence-corrected chi connectivity index (χ0v) is 10.7. The third-order valence-electron chi connectivity index (χ3n) is 2.64. The Hall–Kier alpha value is -2.11. The molecule has 2 aromatic heterocycles. The maximum atomic E-state index is 5.76. The first-order chi connectivity index (χ1) is 8.69. The molecule has 18 heavy (non-hydrogen) atoms. The highest BCUT2D eigenvalue weighted by Gasteiger charge is 2.03. The predicted molar refractivity (Wildman–Crippen MR) is 71.0 cm³/mol. The van der Waals surface area contributed by atoms with Crippen LogP contribution in [0.25, 0.3) is 0 Å². The van der Waals surface area contributed by atoms with Gasteiger partial charge in [-0.2, -0.15) is 5.10 Å². The molecule has 2 aromatic rings. The molecule has 6 nitrogen and oxygen atoms in total. The van der Waals surface area contributed by atoms with E-state index >= 15 is 0 Å². The number of anilines is 2. The van der Waals surface area contributed by atoms with E-state index in [1.807, 2.05) is 17.8 Å². The van der Waals surface area contributed by atoms with Gasteiger partial charge in [-0.05, 0) is 12.5 Å². The Morgan fingerprint density at radius 2 is 2.22 bits per heavy atom. The lowest BCUT2D eigenvalue weighted by atomic mass is 10.3. The van der Waals surface area contributed by atoms with Gasteiger partial charge < -0.3 is 11.1 Å². The monoisotopic (exact) mass is 246 g/mol. The highest BCUT2D eigenvalue weighted by molar-refractivity contribution is 5.44. The van der Waals surface area contributed by atoms with Crippen molar-refractivity contribution in [2.75, 3.05) is 11.1 Å². The first kappa shape index (κ1) is 12.3. The summed E-state index contributed by atoms with van der Waals surface area (Å²) >= 11 is 0. The van der Waals surface area contributed by atoms with Gasteiger partial charge in [0.15, 0.2) is 0 Å². The van der Waals surface area contributed by atoms with Crippen LogP contribution in [0.5, 0.6) is 0 Å². The summed E-state index contributed by atoms with van der Waals surface area (Å²) in [6, 6.07) is 3.71. The van der Waals surface area contributed by atoms with Gasteiger partial charge in [-0.3, -0.25) is 4.68 Å². The van der Waals surface area contributed by atoms with Crippen LogP contribution in [0.15, 0.2) is 18.3 Å². The second kappa shape index (κ2) is 5.48. The van der Waals surface area contributed by atoms with Crippen molar-refractivity contribution in [3.63, 3.8) is 0 Å². The number of hydrogen-bond acceptors (Lipinski definition) is 5. The molecule has 0 aliphatic rings. The Labute approximate surface area is 106 Å². The van der Waals surface area contributed by atoms with E-state index in [1.165, 1.54) is 0 Å². The summed E-state index contributed by atoms with van der Waals surface area (Å²) in [4.78, 5) is 8.62. The second-order valence-electron chi connectivity index (χ2n) is 4.14. The summed E-state index contributed by atoms with van der Waals surface area (Å²) in [5, 5.41) is 7.35. The summed E-state index contributed by atoms with van der Waals surface area (Å²) in [7, 11) is 1.91. The Kier molecular flexibility index (Phi) is 3.76. The molecular weight excluding hydrogens is 228 g/mol. The molecule has 2 rings (SSSR count). The van der Waals surface area contributed by atoms with Gasteiger partial charge in [0.2, 0.25) is 0 Å². The number of rotatable bonds is 5. The summed E-state index contributed by atoms with van der Waals surface area (Å²) in [6.45, 7) is 2.76. The van der Waals surface area contributed by atoms with Crippen LogP contribution in [0.2, 0.25) is 0 Å². The van der Waals surface area contributed by atoms with E-state index in [1.54, 1.807) is 12.3 Å². The molecule has 0 aromatic carbocycles. The van der Waals surface area contributed by atoms with Gasteiger partial charge in [0.25, 0.3) is 0 Å². The van der Waals surface area contributed by atoms with E-state index in [9.17, 15) is 0 Å². The van der Waals surface area contributed by atoms with Crippen LogP contribution in [-0.2, 0) is 20.0 Å². The van der Waals surface area contributed by atoms with Crippen molar-refractivity contribution in [1.29, 1.82) is 0 Å². The van der Waals surface area contributed by atoms with Gasteiger partial charge in [-0.1, -0.05) is 6.92 Å². The highest BCUT2D eigenvalue weighted by Crippen LogP contribution is 2.11. The molecule has 6 heteroatoms. The van der Waals surface area contributed by atoms with Crippen molar-refractivity contribution in [1.82, 2.24) is 19.7 Å². The van der Waals surface area contributed by atoms with Crippen molar-refractivity contribution in [2.45, 2.75) is 26.3 Å². The molecule has 0 fully saturated rings. The Balaban J connectivity index is 2.07. The first-order valence-electron chi connectivity index (χ1n) is 6.03. The Bertz CT molecular complexity index is 519. The maximum Gasteiger partial charge on any atom is 0.133 e. The zero-order chi connectivity index (χ0) is 13.0. The number of aromatic nitrogens is 4. The molecule has 0 radical (unpaired) electrons. The highest BCUT2D eigenvalue weighted by atomic mass is 15.3. The minimum atomic E-state index is 0.501. The van der Waals surface area contributed by atoms with Gasteiger partial charge >= 0.3 is 0 Å². The molecule has 0 saturated carbocycles. The average molecular weight is 246 g/mol. The van der Waals surface area contributed by atoms with Crippen molar-refractivity contribution in [3.05, 3.63) is 29.8 Å². The number of nitrogen functional groups attached to an aromatic ring is 1. The predicted octanol–water partition coefficient (Wildman–Crippen LogP) is 1.36. The van der Waals surface area contributed by atoms with Crippen LogP contribution >= 0.6 is 0 Å². The quantitative estimate of drug-likeness (QED) is 0.832. The molecule has 0 saturated heterocycles. The molecule has 0 aliphatic carbocycles. The largest absolute Gasteiger partial charge is 0.384 e. The third-order valence-corrected chi connectivity index (χ3v) is 2.64. The van der Waals surface area contributed by atoms with E-state index in [0.29, 0.717) is 12.4 Å². The molecule has 0 spiro atoms. The lowest BCUT2D eigenvalue weighted by molar-refractivity contribution is 0.719. The van der Waals surface area contributed by atoms with E-state index in [4.69, 9.17) is 5.73 Å². The number of nitrogens with zero attached hydrogens (tertiary/aromatic N) is 4. The van der Waals surface area contributed by atoms with Crippen LogP contribution in [0.4, 0.5) is 11.6 Å². The van der Waals surface area contributed by atoms with E-state index < -0.39 is 0 Å². The van der Waals surface area contributed by atoms with Crippen molar-refractivity contribution >= 4 is 11.6 Å². The van der Waals surface area contributed by atoms with Crippen molar-refractivity contribution in [2.24, 2.45) is 7.05 Å². The lowest BCUT2D eigenvalue weighted by Gasteiger charge is -2.08. The summed E-state index contributed by atoms with van der Waals surface area (Å²) in [5.74, 6) is 2.04. The zero-order valence-electron chi connectivity index (χ0n) is 10.7. The first-order valence-corrected chi connectivity index (χ1v) is 6.03. The minimum Gasteiger partial charge on any atom is -0.384 e. The SMILES string of the molecule is CCCc1nc(N)cc(NCc2ccnn2C)n1. The molecule has 0 atom stereocenters.